The Bertz CT molecular complexity index is 715. The van der Waals surface area contributed by atoms with Gasteiger partial charge in [0.25, 0.3) is 5.91 Å². The largest absolute Gasteiger partial charge is 0.490 e. The Hall–Kier alpha value is -2.28. The minimum atomic E-state index is -0.395. The summed E-state index contributed by atoms with van der Waals surface area (Å²) in [6.45, 7) is 8.63. The number of ether oxygens (including phenoxy) is 2. The van der Waals surface area contributed by atoms with Crippen molar-refractivity contribution in [2.75, 3.05) is 19.8 Å². The lowest BCUT2D eigenvalue weighted by Crippen LogP contribution is -2.31. The maximum atomic E-state index is 12.3. The fraction of sp³-hybridized carbons (Fsp3) is 0.333. The average molecular weight is 409 g/mol. The van der Waals surface area contributed by atoms with E-state index >= 15 is 0 Å². The van der Waals surface area contributed by atoms with Crippen LogP contribution < -0.4 is 14.8 Å². The van der Waals surface area contributed by atoms with Gasteiger partial charge in [0, 0.05) is 6.54 Å². The fourth-order valence-electron chi connectivity index (χ4n) is 2.38. The molecule has 0 bridgehead atoms. The van der Waals surface area contributed by atoms with Gasteiger partial charge in [-0.1, -0.05) is 19.6 Å². The van der Waals surface area contributed by atoms with Gasteiger partial charge in [0.2, 0.25) is 0 Å². The van der Waals surface area contributed by atoms with Gasteiger partial charge in [-0.15, -0.1) is 0 Å². The lowest BCUT2D eigenvalue weighted by Gasteiger charge is -2.14. The van der Waals surface area contributed by atoms with Crippen LogP contribution in [0, 0.1) is 0 Å². The Morgan fingerprint density at radius 2 is 2.04 bits per heavy atom. The van der Waals surface area contributed by atoms with Crippen LogP contribution >= 0.6 is 15.9 Å². The van der Waals surface area contributed by atoms with Gasteiger partial charge in [0.15, 0.2) is 11.5 Å². The van der Waals surface area contributed by atoms with Crippen molar-refractivity contribution in [1.29, 1.82) is 0 Å². The summed E-state index contributed by atoms with van der Waals surface area (Å²) in [6.07, 6.45) is 3.98. The van der Waals surface area contributed by atoms with E-state index in [-0.39, 0.29) is 11.6 Å². The molecular weight excluding hydrogens is 388 g/mol. The van der Waals surface area contributed by atoms with Crippen molar-refractivity contribution in [3.8, 4) is 11.5 Å². The third-order valence-corrected chi connectivity index (χ3v) is 3.99. The van der Waals surface area contributed by atoms with E-state index in [2.05, 4.69) is 27.8 Å². The number of hydrogen-bond acceptors (Lipinski definition) is 4. The Kier molecular flexibility index (Phi) is 6.64. The van der Waals surface area contributed by atoms with Crippen LogP contribution in [0.2, 0.25) is 0 Å². The Morgan fingerprint density at radius 3 is 2.68 bits per heavy atom. The molecule has 0 radical (unpaired) electrons. The SMILES string of the molecule is C=CCOc1c(Br)cc(/C=C2/NC(=O)N(CCC)C2=O)cc1OCC. The second kappa shape index (κ2) is 8.71. The number of nitrogens with zero attached hydrogens (tertiary/aromatic N) is 1. The Balaban J connectivity index is 2.35. The van der Waals surface area contributed by atoms with E-state index in [4.69, 9.17) is 9.47 Å². The van der Waals surface area contributed by atoms with Gasteiger partial charge < -0.3 is 14.8 Å². The number of carbonyl (C=O) groups is 2. The van der Waals surface area contributed by atoms with Crippen LogP contribution in [0.4, 0.5) is 4.79 Å². The zero-order valence-electron chi connectivity index (χ0n) is 14.3. The first-order chi connectivity index (χ1) is 12.0. The van der Waals surface area contributed by atoms with Gasteiger partial charge in [-0.2, -0.15) is 0 Å². The fourth-order valence-corrected chi connectivity index (χ4v) is 2.96. The van der Waals surface area contributed by atoms with Crippen molar-refractivity contribution >= 4 is 33.9 Å². The molecule has 134 valence electrons. The molecule has 7 heteroatoms. The molecule has 1 aromatic carbocycles. The molecule has 3 amide bonds. The smallest absolute Gasteiger partial charge is 0.329 e. The first kappa shape index (κ1) is 19.1. The summed E-state index contributed by atoms with van der Waals surface area (Å²) in [7, 11) is 0. The summed E-state index contributed by atoms with van der Waals surface area (Å²) in [5.41, 5.74) is 0.954. The zero-order chi connectivity index (χ0) is 18.4. The van der Waals surface area contributed by atoms with Crippen molar-refractivity contribution in [2.45, 2.75) is 20.3 Å². The van der Waals surface area contributed by atoms with E-state index in [1.54, 1.807) is 24.3 Å². The molecule has 0 atom stereocenters. The van der Waals surface area contributed by atoms with Crippen molar-refractivity contribution < 1.29 is 19.1 Å². The standard InChI is InChI=1S/C18H21BrN2O4/c1-4-7-21-17(22)14(20-18(21)23)10-12-9-13(19)16(25-8-5-2)15(11-12)24-6-3/h5,9-11H,2,4,6-8H2,1,3H3,(H,20,23)/b14-10+. The highest BCUT2D eigenvalue weighted by molar-refractivity contribution is 9.10. The molecule has 1 fully saturated rings. The lowest BCUT2D eigenvalue weighted by atomic mass is 10.1. The second-order valence-electron chi connectivity index (χ2n) is 5.31. The molecule has 2 rings (SSSR count). The van der Waals surface area contributed by atoms with E-state index in [0.29, 0.717) is 47.7 Å². The molecule has 0 unspecified atom stereocenters. The van der Waals surface area contributed by atoms with Crippen LogP contribution in [0.25, 0.3) is 6.08 Å². The summed E-state index contributed by atoms with van der Waals surface area (Å²) >= 11 is 3.46. The molecule has 1 heterocycles. The average Bonchev–Trinajstić information content (AvgIpc) is 2.82. The summed E-state index contributed by atoms with van der Waals surface area (Å²) in [6, 6.07) is 3.17. The van der Waals surface area contributed by atoms with Gasteiger partial charge in [-0.3, -0.25) is 9.69 Å². The molecule has 0 aromatic heterocycles. The maximum Gasteiger partial charge on any atom is 0.329 e. The predicted octanol–water partition coefficient (Wildman–Crippen LogP) is 3.72. The highest BCUT2D eigenvalue weighted by Crippen LogP contribution is 2.37. The van der Waals surface area contributed by atoms with Gasteiger partial charge in [0.1, 0.15) is 12.3 Å². The number of carbonyl (C=O) groups excluding carboxylic acids is 2. The van der Waals surface area contributed by atoms with Gasteiger partial charge >= 0.3 is 6.03 Å². The Morgan fingerprint density at radius 1 is 1.28 bits per heavy atom. The van der Waals surface area contributed by atoms with Crippen LogP contribution in [-0.4, -0.2) is 36.6 Å². The summed E-state index contributed by atoms with van der Waals surface area (Å²) in [5, 5.41) is 2.60. The Labute approximate surface area is 155 Å². The molecule has 25 heavy (non-hydrogen) atoms. The third-order valence-electron chi connectivity index (χ3n) is 3.40. The van der Waals surface area contributed by atoms with E-state index in [9.17, 15) is 9.59 Å². The predicted molar refractivity (Wildman–Crippen MR) is 99.5 cm³/mol. The number of benzene rings is 1. The summed E-state index contributed by atoms with van der Waals surface area (Å²) < 4.78 is 11.9. The van der Waals surface area contributed by atoms with E-state index < -0.39 is 6.03 Å². The van der Waals surface area contributed by atoms with Gasteiger partial charge in [-0.05, 0) is 53.0 Å². The molecule has 0 aliphatic carbocycles. The van der Waals surface area contributed by atoms with E-state index in [0.717, 1.165) is 0 Å². The topological polar surface area (TPSA) is 67.9 Å². The number of rotatable bonds is 8. The first-order valence-corrected chi connectivity index (χ1v) is 8.85. The van der Waals surface area contributed by atoms with Gasteiger partial charge in [-0.25, -0.2) is 4.79 Å². The summed E-state index contributed by atoms with van der Waals surface area (Å²) in [4.78, 5) is 25.4. The molecule has 1 aliphatic heterocycles. The molecular formula is C18H21BrN2O4. The number of amides is 3. The highest BCUT2D eigenvalue weighted by atomic mass is 79.9. The van der Waals surface area contributed by atoms with Crippen LogP contribution in [0.15, 0.2) is 35.0 Å². The maximum absolute atomic E-state index is 12.3. The molecule has 0 saturated carbocycles. The normalized spacial score (nSPS) is 15.5. The first-order valence-electron chi connectivity index (χ1n) is 8.06. The van der Waals surface area contributed by atoms with Gasteiger partial charge in [0.05, 0.1) is 11.1 Å². The van der Waals surface area contributed by atoms with Crippen molar-refractivity contribution in [2.24, 2.45) is 0 Å². The number of halogens is 1. The zero-order valence-corrected chi connectivity index (χ0v) is 15.9. The number of imide groups is 1. The van der Waals surface area contributed by atoms with Crippen molar-refractivity contribution in [3.05, 3.63) is 40.5 Å². The highest BCUT2D eigenvalue weighted by Gasteiger charge is 2.32. The van der Waals surface area contributed by atoms with E-state index in [1.165, 1.54) is 4.90 Å². The molecule has 6 nitrogen and oxygen atoms in total. The minimum Gasteiger partial charge on any atom is -0.490 e. The summed E-state index contributed by atoms with van der Waals surface area (Å²) in [5.74, 6) is 0.791. The van der Waals surface area contributed by atoms with Crippen LogP contribution in [0.1, 0.15) is 25.8 Å². The number of urea groups is 1. The molecule has 1 aromatic rings. The lowest BCUT2D eigenvalue weighted by molar-refractivity contribution is -0.122. The van der Waals surface area contributed by atoms with E-state index in [1.807, 2.05) is 13.8 Å². The molecule has 0 spiro atoms. The monoisotopic (exact) mass is 408 g/mol. The molecule has 1 N–H and O–H groups in total. The second-order valence-corrected chi connectivity index (χ2v) is 6.16. The van der Waals surface area contributed by atoms with Crippen LogP contribution in [-0.2, 0) is 4.79 Å². The van der Waals surface area contributed by atoms with Crippen molar-refractivity contribution in [3.63, 3.8) is 0 Å². The van der Waals surface area contributed by atoms with Crippen molar-refractivity contribution in [1.82, 2.24) is 10.2 Å². The number of hydrogen-bond donors (Lipinski definition) is 1. The third kappa shape index (κ3) is 4.42. The molecule has 1 saturated heterocycles. The molecule has 1 aliphatic rings. The minimum absolute atomic E-state index is 0.243. The van der Waals surface area contributed by atoms with Crippen LogP contribution in [0.5, 0.6) is 11.5 Å². The van der Waals surface area contributed by atoms with Crippen LogP contribution in [0.3, 0.4) is 0 Å². The quantitative estimate of drug-likeness (QED) is 0.404. The number of nitrogens with one attached hydrogen (secondary N) is 1.